The highest BCUT2D eigenvalue weighted by Gasteiger charge is 2.29. The molecule has 1 aliphatic heterocycles. The third kappa shape index (κ3) is 4.60. The Morgan fingerprint density at radius 3 is 2.39 bits per heavy atom. The Balaban J connectivity index is 1.36. The van der Waals surface area contributed by atoms with E-state index in [1.165, 1.54) is 0 Å². The fourth-order valence-corrected chi connectivity index (χ4v) is 4.21. The van der Waals surface area contributed by atoms with Crippen LogP contribution in [0, 0.1) is 5.92 Å². The number of rotatable bonds is 5. The maximum atomic E-state index is 13.1. The maximum Gasteiger partial charge on any atom is 0.338 e. The lowest BCUT2D eigenvalue weighted by Crippen LogP contribution is -2.46. The Morgan fingerprint density at radius 2 is 1.73 bits per heavy atom. The average molecular weight is 449 g/mol. The molecule has 8 heteroatoms. The first-order valence-corrected chi connectivity index (χ1v) is 11.1. The summed E-state index contributed by atoms with van der Waals surface area (Å²) < 4.78 is 6.90. The lowest BCUT2D eigenvalue weighted by Gasteiger charge is -2.34. The largest absolute Gasteiger partial charge is 0.462 e. The smallest absolute Gasteiger partial charge is 0.338 e. The number of hydrogen-bond donors (Lipinski definition) is 0. The topological polar surface area (TPSA) is 84.7 Å². The van der Waals surface area contributed by atoms with E-state index >= 15 is 0 Å². The molecule has 0 saturated carbocycles. The van der Waals surface area contributed by atoms with E-state index in [9.17, 15) is 14.4 Å². The number of ketones is 1. The monoisotopic (exact) mass is 448 g/mol. The van der Waals surface area contributed by atoms with Crippen LogP contribution in [0.1, 0.15) is 40.5 Å². The van der Waals surface area contributed by atoms with Crippen LogP contribution >= 0.6 is 0 Å². The van der Waals surface area contributed by atoms with Crippen LogP contribution in [0.2, 0.25) is 0 Å². The number of nitrogens with zero attached hydrogens (tertiary/aromatic N) is 4. The van der Waals surface area contributed by atoms with Gasteiger partial charge >= 0.3 is 12.0 Å². The van der Waals surface area contributed by atoms with Crippen molar-refractivity contribution in [3.05, 3.63) is 59.9 Å². The Labute approximate surface area is 192 Å². The van der Waals surface area contributed by atoms with Gasteiger partial charge in [-0.2, -0.15) is 0 Å². The lowest BCUT2D eigenvalue weighted by atomic mass is 9.89. The van der Waals surface area contributed by atoms with Gasteiger partial charge in [0.25, 0.3) is 0 Å². The molecule has 1 aliphatic rings. The Bertz CT molecular complexity index is 1180. The number of carbonyl (C=O) groups excluding carboxylic acids is 3. The molecule has 0 atom stereocenters. The van der Waals surface area contributed by atoms with Gasteiger partial charge in [0.15, 0.2) is 5.78 Å². The summed E-state index contributed by atoms with van der Waals surface area (Å²) in [6, 6.07) is 12.3. The molecule has 4 rings (SSSR count). The third-order valence-electron chi connectivity index (χ3n) is 6.20. The van der Waals surface area contributed by atoms with E-state index in [2.05, 4.69) is 4.98 Å². The third-order valence-corrected chi connectivity index (χ3v) is 6.20. The van der Waals surface area contributed by atoms with E-state index in [-0.39, 0.29) is 23.7 Å². The molecule has 2 heterocycles. The molecule has 1 aromatic heterocycles. The van der Waals surface area contributed by atoms with Crippen molar-refractivity contribution in [2.75, 3.05) is 31.6 Å². The van der Waals surface area contributed by atoms with Crippen LogP contribution in [0.3, 0.4) is 0 Å². The molecule has 33 heavy (non-hydrogen) atoms. The lowest BCUT2D eigenvalue weighted by molar-refractivity contribution is 0.0526. The number of fused-ring (bicyclic) bond motifs is 1. The predicted octanol–water partition coefficient (Wildman–Crippen LogP) is 3.90. The van der Waals surface area contributed by atoms with Crippen molar-refractivity contribution in [3.63, 3.8) is 0 Å². The number of esters is 1. The molecule has 0 unspecified atom stereocenters. The van der Waals surface area contributed by atoms with Gasteiger partial charge < -0.3 is 14.2 Å². The van der Waals surface area contributed by atoms with Crippen LogP contribution < -0.4 is 4.90 Å². The number of piperidine rings is 1. The Hall–Kier alpha value is -3.68. The van der Waals surface area contributed by atoms with Crippen molar-refractivity contribution in [1.29, 1.82) is 0 Å². The molecule has 0 aliphatic carbocycles. The van der Waals surface area contributed by atoms with Crippen molar-refractivity contribution in [2.24, 2.45) is 13.0 Å². The molecule has 2 aromatic carbocycles. The number of ether oxygens (including phenoxy) is 1. The number of aryl methyl sites for hydroxylation is 1. The van der Waals surface area contributed by atoms with Crippen molar-refractivity contribution in [3.8, 4) is 0 Å². The number of aromatic nitrogens is 2. The Kier molecular flexibility index (Phi) is 6.44. The minimum absolute atomic E-state index is 0.103. The van der Waals surface area contributed by atoms with Crippen molar-refractivity contribution in [2.45, 2.75) is 19.8 Å². The fraction of sp³-hybridized carbons (Fsp3) is 0.360. The number of Topliss-reactive ketones (excluding diaryl/α,β-unsaturated/α-hetero) is 1. The van der Waals surface area contributed by atoms with Crippen LogP contribution in [0.25, 0.3) is 11.0 Å². The second-order valence-electron chi connectivity index (χ2n) is 8.29. The van der Waals surface area contributed by atoms with Crippen molar-refractivity contribution in [1.82, 2.24) is 14.5 Å². The SMILES string of the molecule is CCOC(=O)c1ccc(N(C)C(=O)N2CCC(C(=O)c3ccc4ncn(C)c4c3)CC2)cc1. The summed E-state index contributed by atoms with van der Waals surface area (Å²) >= 11 is 0. The molecule has 3 aromatic rings. The van der Waals surface area contributed by atoms with E-state index in [0.29, 0.717) is 49.4 Å². The van der Waals surface area contributed by atoms with Gasteiger partial charge in [-0.3, -0.25) is 9.69 Å². The zero-order chi connectivity index (χ0) is 23.5. The van der Waals surface area contributed by atoms with E-state index in [1.807, 2.05) is 29.8 Å². The summed E-state index contributed by atoms with van der Waals surface area (Å²) in [5, 5.41) is 0. The van der Waals surface area contributed by atoms with Crippen LogP contribution in [0.4, 0.5) is 10.5 Å². The standard InChI is InChI=1S/C25H28N4O4/c1-4-33-24(31)18-5-8-20(9-6-18)28(3)25(32)29-13-11-17(12-14-29)23(30)19-7-10-21-22(15-19)27(2)16-26-21/h5-10,15-17H,4,11-14H2,1-3H3. The number of likely N-dealkylation sites (tertiary alicyclic amines) is 1. The summed E-state index contributed by atoms with van der Waals surface area (Å²) in [4.78, 5) is 45.5. The van der Waals surface area contributed by atoms with Gasteiger partial charge in [0, 0.05) is 44.4 Å². The van der Waals surface area contributed by atoms with E-state index in [4.69, 9.17) is 4.74 Å². The van der Waals surface area contributed by atoms with Crippen LogP contribution in [-0.2, 0) is 11.8 Å². The highest BCUT2D eigenvalue weighted by Crippen LogP contribution is 2.25. The maximum absolute atomic E-state index is 13.1. The molecule has 0 N–H and O–H groups in total. The van der Waals surface area contributed by atoms with Gasteiger partial charge in [-0.25, -0.2) is 14.6 Å². The number of hydrogen-bond acceptors (Lipinski definition) is 5. The highest BCUT2D eigenvalue weighted by atomic mass is 16.5. The van der Waals surface area contributed by atoms with Gasteiger partial charge in [-0.1, -0.05) is 0 Å². The fourth-order valence-electron chi connectivity index (χ4n) is 4.21. The van der Waals surface area contributed by atoms with E-state index < -0.39 is 0 Å². The second-order valence-corrected chi connectivity index (χ2v) is 8.29. The molecular formula is C25H28N4O4. The molecule has 0 radical (unpaired) electrons. The van der Waals surface area contributed by atoms with Crippen LogP contribution in [0.15, 0.2) is 48.8 Å². The van der Waals surface area contributed by atoms with Gasteiger partial charge in [-0.05, 0) is 62.2 Å². The normalized spacial score (nSPS) is 14.3. The van der Waals surface area contributed by atoms with E-state index in [1.54, 1.807) is 54.4 Å². The van der Waals surface area contributed by atoms with Crippen molar-refractivity contribution < 1.29 is 19.1 Å². The molecule has 2 amide bonds. The summed E-state index contributed by atoms with van der Waals surface area (Å²) in [7, 11) is 3.62. The van der Waals surface area contributed by atoms with Gasteiger partial charge in [0.2, 0.25) is 0 Å². The molecule has 8 nitrogen and oxygen atoms in total. The minimum Gasteiger partial charge on any atom is -0.462 e. The zero-order valence-electron chi connectivity index (χ0n) is 19.2. The van der Waals surface area contributed by atoms with E-state index in [0.717, 1.165) is 11.0 Å². The summed E-state index contributed by atoms with van der Waals surface area (Å²) in [5.41, 5.74) is 3.63. The number of urea groups is 1. The number of anilines is 1. The van der Waals surface area contributed by atoms with Gasteiger partial charge in [0.1, 0.15) is 0 Å². The number of benzene rings is 2. The van der Waals surface area contributed by atoms with Crippen LogP contribution in [-0.4, -0.2) is 59.0 Å². The van der Waals surface area contributed by atoms with Gasteiger partial charge in [0.05, 0.1) is 29.5 Å². The highest BCUT2D eigenvalue weighted by molar-refractivity contribution is 6.00. The van der Waals surface area contributed by atoms with Crippen molar-refractivity contribution >= 4 is 34.5 Å². The first-order valence-electron chi connectivity index (χ1n) is 11.1. The number of amides is 2. The summed E-state index contributed by atoms with van der Waals surface area (Å²) in [5.74, 6) is -0.366. The molecule has 0 bridgehead atoms. The quantitative estimate of drug-likeness (QED) is 0.437. The first kappa shape index (κ1) is 22.5. The van der Waals surface area contributed by atoms with Gasteiger partial charge in [-0.15, -0.1) is 0 Å². The predicted molar refractivity (Wildman–Crippen MR) is 126 cm³/mol. The molecule has 1 saturated heterocycles. The zero-order valence-corrected chi connectivity index (χ0v) is 19.2. The number of carbonyl (C=O) groups is 3. The molecule has 1 fully saturated rings. The second kappa shape index (κ2) is 9.44. The van der Waals surface area contributed by atoms with Crippen LogP contribution in [0.5, 0.6) is 0 Å². The summed E-state index contributed by atoms with van der Waals surface area (Å²) in [6.45, 7) is 3.12. The first-order chi connectivity index (χ1) is 15.9. The molecule has 0 spiro atoms. The average Bonchev–Trinajstić information content (AvgIpc) is 3.23. The summed E-state index contributed by atoms with van der Waals surface area (Å²) in [6.07, 6.45) is 3.00. The Morgan fingerprint density at radius 1 is 1.06 bits per heavy atom. The number of imidazole rings is 1. The molecular weight excluding hydrogens is 420 g/mol. The molecule has 172 valence electrons. The minimum atomic E-state index is -0.382.